The van der Waals surface area contributed by atoms with Gasteiger partial charge in [-0.25, -0.2) is 12.8 Å². The largest absolute Gasteiger partial charge is 0.379 e. The number of morpholine rings is 1. The molecule has 4 rings (SSSR count). The highest BCUT2D eigenvalue weighted by molar-refractivity contribution is 7.99. The Kier molecular flexibility index (Phi) is 6.55. The van der Waals surface area contributed by atoms with Crippen LogP contribution in [0.3, 0.4) is 0 Å². The average Bonchev–Trinajstić information content (AvgIpc) is 3.23. The highest BCUT2D eigenvalue weighted by Crippen LogP contribution is 2.30. The molecule has 1 saturated heterocycles. The Hall–Kier alpha value is -2.80. The van der Waals surface area contributed by atoms with Crippen LogP contribution in [0.1, 0.15) is 0 Å². The van der Waals surface area contributed by atoms with Crippen LogP contribution in [-0.4, -0.2) is 65.5 Å². The van der Waals surface area contributed by atoms with Gasteiger partial charge in [0, 0.05) is 24.3 Å². The van der Waals surface area contributed by atoms with Crippen LogP contribution in [0.5, 0.6) is 0 Å². The summed E-state index contributed by atoms with van der Waals surface area (Å²) < 4.78 is 47.9. The van der Waals surface area contributed by atoms with E-state index in [1.807, 2.05) is 0 Å². The van der Waals surface area contributed by atoms with Gasteiger partial charge in [0.1, 0.15) is 5.82 Å². The maximum absolute atomic E-state index is 13.5. The number of hydrogen-bond acceptors (Lipinski definition) is 7. The Morgan fingerprint density at radius 3 is 2.53 bits per heavy atom. The molecule has 0 spiro atoms. The molecule has 0 saturated carbocycles. The SMILES string of the molecule is NC(=O)CSc1nnc(-c2cccc(S(=O)(=O)N3CCOCC3)c2)n1-c1ccc(F)cc1. The molecule has 0 aliphatic carbocycles. The van der Waals surface area contributed by atoms with Crippen molar-refractivity contribution in [3.63, 3.8) is 0 Å². The van der Waals surface area contributed by atoms with E-state index in [4.69, 9.17) is 10.5 Å². The second-order valence-corrected chi connectivity index (χ2v) is 9.80. The molecule has 2 heterocycles. The van der Waals surface area contributed by atoms with Gasteiger partial charge in [0.2, 0.25) is 15.9 Å². The van der Waals surface area contributed by atoms with Gasteiger partial charge < -0.3 is 10.5 Å². The number of rotatable bonds is 7. The standard InChI is InChI=1S/C20H20FN5O4S2/c21-15-4-6-16(7-5-15)26-19(23-24-20(26)31-13-18(22)27)14-2-1-3-17(12-14)32(28,29)25-8-10-30-11-9-25/h1-7,12H,8-11,13H2,(H2,22,27). The molecule has 1 aliphatic rings. The number of amides is 1. The highest BCUT2D eigenvalue weighted by Gasteiger charge is 2.27. The lowest BCUT2D eigenvalue weighted by molar-refractivity contribution is -0.115. The molecule has 0 radical (unpaired) electrons. The van der Waals surface area contributed by atoms with Crippen molar-refractivity contribution < 1.29 is 22.3 Å². The van der Waals surface area contributed by atoms with E-state index >= 15 is 0 Å². The molecule has 32 heavy (non-hydrogen) atoms. The third-order valence-electron chi connectivity index (χ3n) is 4.76. The quantitative estimate of drug-likeness (QED) is 0.514. The minimum absolute atomic E-state index is 0.0230. The third kappa shape index (κ3) is 4.67. The highest BCUT2D eigenvalue weighted by atomic mass is 32.2. The van der Waals surface area contributed by atoms with Crippen molar-refractivity contribution in [1.29, 1.82) is 0 Å². The molecule has 1 fully saturated rings. The van der Waals surface area contributed by atoms with Gasteiger partial charge in [0.15, 0.2) is 11.0 Å². The third-order valence-corrected chi connectivity index (χ3v) is 7.61. The lowest BCUT2D eigenvalue weighted by atomic mass is 10.2. The Balaban J connectivity index is 1.77. The zero-order valence-corrected chi connectivity index (χ0v) is 18.5. The van der Waals surface area contributed by atoms with Crippen LogP contribution in [0.15, 0.2) is 58.6 Å². The van der Waals surface area contributed by atoms with E-state index in [1.165, 1.54) is 28.6 Å². The molecule has 2 N–H and O–H groups in total. The van der Waals surface area contributed by atoms with E-state index < -0.39 is 21.7 Å². The van der Waals surface area contributed by atoms with Crippen molar-refractivity contribution in [2.24, 2.45) is 5.73 Å². The maximum Gasteiger partial charge on any atom is 0.243 e. The summed E-state index contributed by atoms with van der Waals surface area (Å²) in [6, 6.07) is 12.1. The second kappa shape index (κ2) is 9.36. The van der Waals surface area contributed by atoms with Gasteiger partial charge >= 0.3 is 0 Å². The number of nitrogens with two attached hydrogens (primary N) is 1. The van der Waals surface area contributed by atoms with Crippen molar-refractivity contribution in [2.75, 3.05) is 32.1 Å². The number of nitrogens with zero attached hydrogens (tertiary/aromatic N) is 4. The number of primary amides is 1. The number of sulfonamides is 1. The molecular weight excluding hydrogens is 457 g/mol. The fraction of sp³-hybridized carbons (Fsp3) is 0.250. The summed E-state index contributed by atoms with van der Waals surface area (Å²) in [7, 11) is -3.71. The molecule has 12 heteroatoms. The molecule has 0 unspecified atom stereocenters. The number of thioether (sulfide) groups is 1. The van der Waals surface area contributed by atoms with Crippen molar-refractivity contribution in [3.05, 3.63) is 54.3 Å². The second-order valence-electron chi connectivity index (χ2n) is 6.92. The Morgan fingerprint density at radius 2 is 1.84 bits per heavy atom. The van der Waals surface area contributed by atoms with Crippen molar-refractivity contribution in [2.45, 2.75) is 10.1 Å². The van der Waals surface area contributed by atoms with Crippen LogP contribution >= 0.6 is 11.8 Å². The van der Waals surface area contributed by atoms with E-state index in [0.29, 0.717) is 35.4 Å². The lowest BCUT2D eigenvalue weighted by Crippen LogP contribution is -2.40. The van der Waals surface area contributed by atoms with Crippen LogP contribution in [0.2, 0.25) is 0 Å². The Morgan fingerprint density at radius 1 is 1.12 bits per heavy atom. The molecular formula is C20H20FN5O4S2. The zero-order valence-electron chi connectivity index (χ0n) is 16.8. The summed E-state index contributed by atoms with van der Waals surface area (Å²) in [4.78, 5) is 11.4. The van der Waals surface area contributed by atoms with Crippen molar-refractivity contribution >= 4 is 27.7 Å². The topological polar surface area (TPSA) is 120 Å². The van der Waals surface area contributed by atoms with Crippen LogP contribution in [0.4, 0.5) is 4.39 Å². The van der Waals surface area contributed by atoms with E-state index in [9.17, 15) is 17.6 Å². The fourth-order valence-corrected chi connectivity index (χ4v) is 5.39. The monoisotopic (exact) mass is 477 g/mol. The van der Waals surface area contributed by atoms with Gasteiger partial charge in [0.05, 0.1) is 23.9 Å². The Labute approximate surface area is 188 Å². The molecule has 168 valence electrons. The normalized spacial score (nSPS) is 15.0. The van der Waals surface area contributed by atoms with E-state index in [0.717, 1.165) is 11.8 Å². The number of benzene rings is 2. The molecule has 1 aromatic heterocycles. The fourth-order valence-electron chi connectivity index (χ4n) is 3.24. The minimum atomic E-state index is -3.71. The van der Waals surface area contributed by atoms with Gasteiger partial charge in [0.25, 0.3) is 0 Å². The Bertz CT molecular complexity index is 1230. The first-order chi connectivity index (χ1) is 15.4. The predicted molar refractivity (Wildman–Crippen MR) is 116 cm³/mol. The van der Waals surface area contributed by atoms with Crippen LogP contribution in [-0.2, 0) is 19.6 Å². The first kappa shape index (κ1) is 22.4. The number of halogens is 1. The van der Waals surface area contributed by atoms with Crippen LogP contribution < -0.4 is 5.73 Å². The molecule has 0 atom stereocenters. The number of carbonyl (C=O) groups excluding carboxylic acids is 1. The summed E-state index contributed by atoms with van der Waals surface area (Å²) in [5, 5.41) is 8.73. The summed E-state index contributed by atoms with van der Waals surface area (Å²) in [5.41, 5.74) is 6.32. The van der Waals surface area contributed by atoms with Crippen molar-refractivity contribution in [1.82, 2.24) is 19.1 Å². The first-order valence-electron chi connectivity index (χ1n) is 9.67. The summed E-state index contributed by atoms with van der Waals surface area (Å²) in [6.07, 6.45) is 0. The average molecular weight is 478 g/mol. The molecule has 0 bridgehead atoms. The molecule has 1 aliphatic heterocycles. The van der Waals surface area contributed by atoms with E-state index in [-0.39, 0.29) is 23.7 Å². The number of ether oxygens (including phenoxy) is 1. The first-order valence-corrected chi connectivity index (χ1v) is 12.1. The van der Waals surface area contributed by atoms with Gasteiger partial charge in [-0.05, 0) is 36.4 Å². The summed E-state index contributed by atoms with van der Waals surface area (Å²) in [6.45, 7) is 1.26. The lowest BCUT2D eigenvalue weighted by Gasteiger charge is -2.26. The predicted octanol–water partition coefficient (Wildman–Crippen LogP) is 1.67. The molecule has 9 nitrogen and oxygen atoms in total. The zero-order chi connectivity index (χ0) is 22.7. The molecule has 1 amide bonds. The van der Waals surface area contributed by atoms with Crippen LogP contribution in [0, 0.1) is 5.82 Å². The van der Waals surface area contributed by atoms with Crippen LogP contribution in [0.25, 0.3) is 17.1 Å². The van der Waals surface area contributed by atoms with Gasteiger partial charge in [-0.2, -0.15) is 4.31 Å². The maximum atomic E-state index is 13.5. The van der Waals surface area contributed by atoms with Gasteiger partial charge in [-0.1, -0.05) is 23.9 Å². The summed E-state index contributed by atoms with van der Waals surface area (Å²) >= 11 is 1.08. The summed E-state index contributed by atoms with van der Waals surface area (Å²) in [5.74, 6) is -0.607. The van der Waals surface area contributed by atoms with Crippen molar-refractivity contribution in [3.8, 4) is 17.1 Å². The number of carbonyl (C=O) groups is 1. The van der Waals surface area contributed by atoms with E-state index in [1.54, 1.807) is 28.8 Å². The number of aromatic nitrogens is 3. The molecule has 2 aromatic carbocycles. The smallest absolute Gasteiger partial charge is 0.243 e. The number of hydrogen-bond donors (Lipinski definition) is 1. The van der Waals surface area contributed by atoms with Gasteiger partial charge in [-0.3, -0.25) is 9.36 Å². The van der Waals surface area contributed by atoms with Gasteiger partial charge in [-0.15, -0.1) is 10.2 Å². The minimum Gasteiger partial charge on any atom is -0.379 e. The molecule has 3 aromatic rings. The van der Waals surface area contributed by atoms with E-state index in [2.05, 4.69) is 10.2 Å².